The van der Waals surface area contributed by atoms with E-state index in [0.717, 1.165) is 55.4 Å². The van der Waals surface area contributed by atoms with Gasteiger partial charge in [0, 0.05) is 28.4 Å². The van der Waals surface area contributed by atoms with Crippen molar-refractivity contribution >= 4 is 52.2 Å². The molecule has 1 amide bonds. The lowest BCUT2D eigenvalue weighted by Crippen LogP contribution is -2.30. The van der Waals surface area contributed by atoms with Gasteiger partial charge in [-0.05, 0) is 93.7 Å². The van der Waals surface area contributed by atoms with Crippen molar-refractivity contribution < 1.29 is 9.59 Å². The van der Waals surface area contributed by atoms with Gasteiger partial charge in [-0.15, -0.1) is 0 Å². The van der Waals surface area contributed by atoms with Crippen LogP contribution in [-0.2, 0) is 24.2 Å². The first kappa shape index (κ1) is 28.4. The Morgan fingerprint density at radius 1 is 0.881 bits per heavy atom. The topological polar surface area (TPSA) is 84.2 Å². The van der Waals surface area contributed by atoms with Crippen LogP contribution in [0, 0.1) is 10.4 Å². The Morgan fingerprint density at radius 3 is 2.43 bits per heavy atom. The molecule has 4 N–H and O–H groups in total. The van der Waals surface area contributed by atoms with Gasteiger partial charge >= 0.3 is 0 Å². The molecule has 5 nitrogen and oxygen atoms in total. The second kappa shape index (κ2) is 11.9. The van der Waals surface area contributed by atoms with Crippen LogP contribution in [0.1, 0.15) is 51.5 Å². The highest BCUT2D eigenvalue weighted by Gasteiger charge is 2.25. The summed E-state index contributed by atoms with van der Waals surface area (Å²) < 4.78 is 0. The quantitative estimate of drug-likeness (QED) is 0.252. The molecule has 0 saturated heterocycles. The van der Waals surface area contributed by atoms with E-state index in [1.54, 1.807) is 18.2 Å². The van der Waals surface area contributed by atoms with Crippen molar-refractivity contribution in [2.45, 2.75) is 38.3 Å². The molecule has 0 fully saturated rings. The van der Waals surface area contributed by atoms with Gasteiger partial charge in [-0.3, -0.25) is 9.59 Å². The summed E-state index contributed by atoms with van der Waals surface area (Å²) in [5.74, 6) is -0.259. The number of fused-ring (bicyclic) bond motifs is 4. The zero-order valence-corrected chi connectivity index (χ0v) is 24.8. The van der Waals surface area contributed by atoms with Crippen LogP contribution >= 0.6 is 23.2 Å². The summed E-state index contributed by atoms with van der Waals surface area (Å²) in [5.41, 5.74) is 11.8. The van der Waals surface area contributed by atoms with Gasteiger partial charge in [0.25, 0.3) is 0 Å². The third-order valence-corrected chi connectivity index (χ3v) is 8.94. The Morgan fingerprint density at radius 2 is 1.67 bits per heavy atom. The van der Waals surface area contributed by atoms with Crippen LogP contribution in [0.3, 0.4) is 0 Å². The number of carbonyl (C=O) groups is 2. The highest BCUT2D eigenvalue weighted by atomic mass is 35.5. The summed E-state index contributed by atoms with van der Waals surface area (Å²) in [6, 6.07) is 22.9. The molecule has 4 aromatic rings. The fourth-order valence-electron chi connectivity index (χ4n) is 6.29. The summed E-state index contributed by atoms with van der Waals surface area (Å²) in [4.78, 5) is 26.7. The van der Waals surface area contributed by atoms with Gasteiger partial charge in [-0.25, -0.2) is 0 Å². The molecule has 0 aromatic heterocycles. The molecular formula is C35H31Cl2N3O2. The normalized spacial score (nSPS) is 15.2. The lowest BCUT2D eigenvalue weighted by molar-refractivity contribution is -0.115. The molecule has 0 aliphatic heterocycles. The van der Waals surface area contributed by atoms with Gasteiger partial charge in [0.1, 0.15) is 0 Å². The van der Waals surface area contributed by atoms with Gasteiger partial charge in [0.2, 0.25) is 5.91 Å². The minimum atomic E-state index is -0.176. The summed E-state index contributed by atoms with van der Waals surface area (Å²) in [7, 11) is 1.95. The van der Waals surface area contributed by atoms with E-state index in [-0.39, 0.29) is 24.2 Å². The number of hydrogen-bond acceptors (Lipinski definition) is 4. The lowest BCUT2D eigenvalue weighted by Gasteiger charge is -2.25. The minimum Gasteiger partial charge on any atom is -0.326 e. The van der Waals surface area contributed by atoms with Crippen LogP contribution in [0.25, 0.3) is 11.6 Å². The van der Waals surface area contributed by atoms with Crippen LogP contribution < -0.4 is 26.8 Å². The Kier molecular flexibility index (Phi) is 8.02. The Hall–Kier alpha value is -3.74. The lowest BCUT2D eigenvalue weighted by atomic mass is 9.82. The predicted octanol–water partition coefficient (Wildman–Crippen LogP) is 5.34. The van der Waals surface area contributed by atoms with Gasteiger partial charge in [-0.2, -0.15) is 0 Å². The zero-order valence-electron chi connectivity index (χ0n) is 23.3. The van der Waals surface area contributed by atoms with Crippen molar-refractivity contribution in [2.75, 3.05) is 12.4 Å². The molecule has 212 valence electrons. The van der Waals surface area contributed by atoms with E-state index in [9.17, 15) is 9.59 Å². The average molecular weight is 597 g/mol. The molecular weight excluding hydrogens is 565 g/mol. The third-order valence-electron chi connectivity index (χ3n) is 8.30. The minimum absolute atomic E-state index is 0.0138. The number of amides is 1. The van der Waals surface area contributed by atoms with Crippen LogP contribution in [0.5, 0.6) is 0 Å². The first-order chi connectivity index (χ1) is 20.4. The number of Topliss-reactive ketones (excluding diaryl/α,β-unsaturated/α-hetero) is 1. The third kappa shape index (κ3) is 5.18. The zero-order chi connectivity index (χ0) is 29.4. The van der Waals surface area contributed by atoms with Crippen molar-refractivity contribution in [1.82, 2.24) is 5.32 Å². The molecule has 1 unspecified atom stereocenters. The second-order valence-corrected chi connectivity index (χ2v) is 11.6. The number of carbonyl (C=O) groups excluding carboxylic acids is 2. The largest absolute Gasteiger partial charge is 0.326 e. The summed E-state index contributed by atoms with van der Waals surface area (Å²) in [6.07, 6.45) is 4.82. The van der Waals surface area contributed by atoms with E-state index in [1.165, 1.54) is 11.1 Å². The summed E-state index contributed by atoms with van der Waals surface area (Å²) >= 11 is 13.2. The molecule has 0 radical (unpaired) electrons. The second-order valence-electron chi connectivity index (χ2n) is 10.7. The van der Waals surface area contributed by atoms with E-state index in [1.807, 2.05) is 43.4 Å². The summed E-state index contributed by atoms with van der Waals surface area (Å²) in [6.45, 7) is 0.367. The first-order valence-electron chi connectivity index (χ1n) is 14.1. The van der Waals surface area contributed by atoms with Gasteiger partial charge in [0.05, 0.1) is 17.5 Å². The van der Waals surface area contributed by atoms with Crippen molar-refractivity contribution in [2.24, 2.45) is 5.73 Å². The molecule has 7 heteroatoms. The fraction of sp³-hybridized carbons (Fsp3) is 0.200. The number of hydrogen-bond donors (Lipinski definition) is 3. The number of nitrogens with one attached hydrogen (secondary N) is 2. The first-order valence-corrected chi connectivity index (χ1v) is 14.9. The molecule has 6 rings (SSSR count). The van der Waals surface area contributed by atoms with E-state index >= 15 is 0 Å². The molecule has 0 heterocycles. The predicted molar refractivity (Wildman–Crippen MR) is 170 cm³/mol. The molecule has 0 saturated carbocycles. The number of halogens is 2. The molecule has 0 bridgehead atoms. The smallest absolute Gasteiger partial charge is 0.228 e. The van der Waals surface area contributed by atoms with Crippen LogP contribution in [0.4, 0.5) is 5.69 Å². The Bertz CT molecular complexity index is 1970. The highest BCUT2D eigenvalue weighted by Crippen LogP contribution is 2.30. The Balaban J connectivity index is 1.35. The fourth-order valence-corrected chi connectivity index (χ4v) is 6.79. The van der Waals surface area contributed by atoms with Gasteiger partial charge in [0.15, 0.2) is 5.78 Å². The van der Waals surface area contributed by atoms with E-state index in [4.69, 9.17) is 28.9 Å². The van der Waals surface area contributed by atoms with Crippen molar-refractivity contribution in [3.05, 3.63) is 132 Å². The number of nitrogens with two attached hydrogens (primary N) is 1. The summed E-state index contributed by atoms with van der Waals surface area (Å²) in [5, 5.41) is 11.6. The van der Waals surface area contributed by atoms with E-state index in [0.29, 0.717) is 29.2 Å². The number of ketones is 1. The number of benzene rings is 4. The molecule has 42 heavy (non-hydrogen) atoms. The molecule has 0 spiro atoms. The molecule has 4 aromatic carbocycles. The van der Waals surface area contributed by atoms with Crippen LogP contribution in [-0.4, -0.2) is 18.7 Å². The Labute approximate surface area is 254 Å². The standard InChI is InChI=1S/C35H31Cl2N3O2/c1-39-32-18-29-23(8-5-11-30(29)36)26-15-14-24-25(34(26)32)9-4-10-27(24)35(42)28-13-12-22(17-31(28)37)40-33(41)16-20-6-2-3-7-21(20)19-38/h2-3,5-8,11-15,17-18,32,39H,4,9-10,16,19,38H2,1H3,(H,40,41). The van der Waals surface area contributed by atoms with Gasteiger partial charge in [-0.1, -0.05) is 77.8 Å². The maximum absolute atomic E-state index is 13.9. The van der Waals surface area contributed by atoms with Crippen LogP contribution in [0.2, 0.25) is 10.0 Å². The highest BCUT2D eigenvalue weighted by molar-refractivity contribution is 6.38. The number of anilines is 1. The maximum atomic E-state index is 13.9. The van der Waals surface area contributed by atoms with Crippen molar-refractivity contribution in [3.8, 4) is 0 Å². The SMILES string of the molecule is CNC1C=c2c(Cl)cccc2=c2ccc3c(c21)CCCC=3C(=O)c1ccc(NC(=O)Cc2ccccc2CN)cc1Cl. The molecule has 2 aliphatic carbocycles. The van der Waals surface area contributed by atoms with Gasteiger partial charge < -0.3 is 16.4 Å². The van der Waals surface area contributed by atoms with Crippen molar-refractivity contribution in [3.63, 3.8) is 0 Å². The average Bonchev–Trinajstić information content (AvgIpc) is 3.00. The number of rotatable bonds is 7. The van der Waals surface area contributed by atoms with E-state index < -0.39 is 0 Å². The van der Waals surface area contributed by atoms with Crippen molar-refractivity contribution in [1.29, 1.82) is 0 Å². The maximum Gasteiger partial charge on any atom is 0.228 e. The molecule has 1 atom stereocenters. The molecule has 2 aliphatic rings. The monoisotopic (exact) mass is 595 g/mol. The van der Waals surface area contributed by atoms with E-state index in [2.05, 4.69) is 34.9 Å². The van der Waals surface area contributed by atoms with Crippen LogP contribution in [0.15, 0.2) is 72.8 Å².